The van der Waals surface area contributed by atoms with Crippen LogP contribution in [0.15, 0.2) is 12.3 Å². The molecule has 0 bridgehead atoms. The second-order valence-corrected chi connectivity index (χ2v) is 2.44. The molecule has 0 aliphatic carbocycles. The third-order valence-electron chi connectivity index (χ3n) is 1.46. The molecule has 0 saturated carbocycles. The molecule has 11 heteroatoms. The van der Waals surface area contributed by atoms with Crippen LogP contribution in [0.2, 0.25) is 0 Å². The zero-order chi connectivity index (χ0) is 12.3. The Morgan fingerprint density at radius 1 is 1.12 bits per heavy atom. The number of hydrogen-bond donors (Lipinski definition) is 1. The van der Waals surface area contributed by atoms with Crippen LogP contribution in [-0.4, -0.2) is 19.9 Å². The number of aromatic nitrogens is 1. The monoisotopic (exact) mass is 229 g/mol. The number of nitrogens with one attached hydrogen (secondary N) is 1. The molecule has 0 aliphatic rings. The third-order valence-corrected chi connectivity index (χ3v) is 1.46. The second kappa shape index (κ2) is 4.12. The first-order valence-electron chi connectivity index (χ1n) is 3.61. The Bertz CT molecular complexity index is 472. The van der Waals surface area contributed by atoms with Crippen LogP contribution in [0.5, 0.6) is 0 Å². The van der Waals surface area contributed by atoms with Gasteiger partial charge in [-0.15, -0.1) is 0 Å². The minimum Gasteiger partial charge on any atom is -0.258 e. The summed E-state index contributed by atoms with van der Waals surface area (Å²) in [4.78, 5) is 32.1. The van der Waals surface area contributed by atoms with E-state index >= 15 is 0 Å². The first-order valence-corrected chi connectivity index (χ1v) is 3.61. The van der Waals surface area contributed by atoms with Crippen LogP contribution in [0.4, 0.5) is 17.2 Å². The van der Waals surface area contributed by atoms with Gasteiger partial charge in [-0.05, 0) is 0 Å². The summed E-state index contributed by atoms with van der Waals surface area (Å²) in [5, 5.41) is 29.8. The first-order chi connectivity index (χ1) is 7.41. The van der Waals surface area contributed by atoms with Gasteiger partial charge in [0.1, 0.15) is 6.20 Å². The van der Waals surface area contributed by atoms with Crippen LogP contribution in [-0.2, 0) is 0 Å². The lowest BCUT2D eigenvalue weighted by molar-refractivity contribution is -0.448. The second-order valence-electron chi connectivity index (χ2n) is 2.44. The summed E-state index contributed by atoms with van der Waals surface area (Å²) in [7, 11) is 0. The quantitative estimate of drug-likeness (QED) is 0.577. The SMILES string of the molecule is O=[N+]([O-])Nc1ncc([N+](=O)[O-])cc1[N+](=O)[O-]. The van der Waals surface area contributed by atoms with Gasteiger partial charge in [-0.25, -0.2) is 15.1 Å². The number of rotatable bonds is 4. The molecule has 16 heavy (non-hydrogen) atoms. The van der Waals surface area contributed by atoms with Gasteiger partial charge in [0.25, 0.3) is 11.5 Å². The molecule has 1 rings (SSSR count). The molecular formula is C5H3N5O6. The van der Waals surface area contributed by atoms with Crippen molar-refractivity contribution in [2.75, 3.05) is 5.43 Å². The van der Waals surface area contributed by atoms with Gasteiger partial charge in [-0.3, -0.25) is 20.2 Å². The normalized spacial score (nSPS) is 9.50. The largest absolute Gasteiger partial charge is 0.324 e. The summed E-state index contributed by atoms with van der Waals surface area (Å²) >= 11 is 0. The van der Waals surface area contributed by atoms with Gasteiger partial charge < -0.3 is 0 Å². The van der Waals surface area contributed by atoms with Crippen molar-refractivity contribution in [2.45, 2.75) is 0 Å². The molecule has 1 aromatic rings. The van der Waals surface area contributed by atoms with E-state index in [1.54, 1.807) is 0 Å². The average Bonchev–Trinajstić information content (AvgIpc) is 2.16. The molecule has 0 unspecified atom stereocenters. The van der Waals surface area contributed by atoms with Crippen LogP contribution in [0.3, 0.4) is 0 Å². The number of pyridine rings is 1. The Hall–Kier alpha value is -2.85. The zero-order valence-electron chi connectivity index (χ0n) is 7.39. The highest BCUT2D eigenvalue weighted by Crippen LogP contribution is 2.25. The summed E-state index contributed by atoms with van der Waals surface area (Å²) in [5.74, 6) is -0.666. The highest BCUT2D eigenvalue weighted by Gasteiger charge is 2.23. The maximum atomic E-state index is 10.5. The predicted octanol–water partition coefficient (Wildman–Crippen LogP) is 0.502. The van der Waals surface area contributed by atoms with Crippen LogP contribution in [0.25, 0.3) is 0 Å². The van der Waals surface area contributed by atoms with Crippen molar-refractivity contribution in [2.24, 2.45) is 0 Å². The number of nitro groups is 3. The Morgan fingerprint density at radius 3 is 2.19 bits per heavy atom. The molecule has 11 nitrogen and oxygen atoms in total. The van der Waals surface area contributed by atoms with Crippen molar-refractivity contribution in [3.8, 4) is 0 Å². The fourth-order valence-electron chi connectivity index (χ4n) is 0.854. The summed E-state index contributed by atoms with van der Waals surface area (Å²) < 4.78 is 0. The van der Waals surface area contributed by atoms with Crippen molar-refractivity contribution in [1.29, 1.82) is 0 Å². The molecular weight excluding hydrogens is 226 g/mol. The lowest BCUT2D eigenvalue weighted by atomic mass is 10.3. The molecule has 1 N–H and O–H groups in total. The van der Waals surface area contributed by atoms with Gasteiger partial charge >= 0.3 is 5.69 Å². The fourth-order valence-corrected chi connectivity index (χ4v) is 0.854. The molecule has 0 aliphatic heterocycles. The van der Waals surface area contributed by atoms with E-state index in [0.717, 1.165) is 0 Å². The Labute approximate surface area is 86.1 Å². The lowest BCUT2D eigenvalue weighted by Gasteiger charge is -1.97. The van der Waals surface area contributed by atoms with Crippen LogP contribution in [0.1, 0.15) is 0 Å². The summed E-state index contributed by atoms with van der Waals surface area (Å²) in [6.07, 6.45) is 0.679. The molecule has 0 aromatic carbocycles. The molecule has 0 radical (unpaired) electrons. The Balaban J connectivity index is 3.24. The minimum atomic E-state index is -1.05. The van der Waals surface area contributed by atoms with Crippen molar-refractivity contribution >= 4 is 17.2 Å². The maximum absolute atomic E-state index is 10.5. The van der Waals surface area contributed by atoms with Crippen molar-refractivity contribution in [3.63, 3.8) is 0 Å². The van der Waals surface area contributed by atoms with E-state index in [0.29, 0.717) is 12.3 Å². The van der Waals surface area contributed by atoms with E-state index in [-0.39, 0.29) is 0 Å². The van der Waals surface area contributed by atoms with Crippen molar-refractivity contribution < 1.29 is 14.9 Å². The maximum Gasteiger partial charge on any atom is 0.324 e. The smallest absolute Gasteiger partial charge is 0.258 e. The molecule has 1 aromatic heterocycles. The Morgan fingerprint density at radius 2 is 1.75 bits per heavy atom. The third kappa shape index (κ3) is 2.34. The Kier molecular flexibility index (Phi) is 2.89. The highest BCUT2D eigenvalue weighted by atomic mass is 16.7. The fraction of sp³-hybridized carbons (Fsp3) is 0. The molecule has 0 fully saturated rings. The highest BCUT2D eigenvalue weighted by molar-refractivity contribution is 5.58. The summed E-state index contributed by atoms with van der Waals surface area (Å²) in [6, 6.07) is 0.582. The van der Waals surface area contributed by atoms with Crippen LogP contribution >= 0.6 is 0 Å². The van der Waals surface area contributed by atoms with Crippen molar-refractivity contribution in [1.82, 2.24) is 4.98 Å². The first kappa shape index (κ1) is 11.2. The van der Waals surface area contributed by atoms with E-state index in [2.05, 4.69) is 4.98 Å². The van der Waals surface area contributed by atoms with E-state index in [9.17, 15) is 30.3 Å². The number of nitrogens with zero attached hydrogens (tertiary/aromatic N) is 4. The molecule has 0 amide bonds. The number of hydrogen-bond acceptors (Lipinski definition) is 7. The van der Waals surface area contributed by atoms with Gasteiger partial charge in [-0.2, -0.15) is 0 Å². The average molecular weight is 229 g/mol. The topological polar surface area (TPSA) is 154 Å². The van der Waals surface area contributed by atoms with Gasteiger partial charge in [0, 0.05) is 0 Å². The molecule has 0 saturated heterocycles. The van der Waals surface area contributed by atoms with E-state index in [4.69, 9.17) is 0 Å². The predicted molar refractivity (Wildman–Crippen MR) is 48.2 cm³/mol. The zero-order valence-corrected chi connectivity index (χ0v) is 7.39. The number of hydrazine groups is 1. The van der Waals surface area contributed by atoms with E-state index in [1.807, 2.05) is 0 Å². The van der Waals surface area contributed by atoms with Gasteiger partial charge in [0.05, 0.1) is 15.9 Å². The van der Waals surface area contributed by atoms with Gasteiger partial charge in [-0.1, -0.05) is 5.43 Å². The standard InChI is InChI=1S/C5H3N5O6/c11-8(12)3-1-4(9(13)14)5(6-2-3)7-10(15)16/h1-2H,(H,6,7). The van der Waals surface area contributed by atoms with Crippen LogP contribution < -0.4 is 5.43 Å². The molecule has 0 atom stereocenters. The van der Waals surface area contributed by atoms with Crippen LogP contribution in [0, 0.1) is 30.3 Å². The lowest BCUT2D eigenvalue weighted by Crippen LogP contribution is -2.11. The minimum absolute atomic E-state index is 0.582. The van der Waals surface area contributed by atoms with Gasteiger partial charge in [0.2, 0.25) is 0 Å². The van der Waals surface area contributed by atoms with Gasteiger partial charge in [0.15, 0.2) is 5.03 Å². The van der Waals surface area contributed by atoms with Crippen molar-refractivity contribution in [3.05, 3.63) is 42.6 Å². The van der Waals surface area contributed by atoms with E-state index in [1.165, 1.54) is 5.43 Å². The summed E-state index contributed by atoms with van der Waals surface area (Å²) in [6.45, 7) is 0. The molecule has 84 valence electrons. The molecule has 0 spiro atoms. The number of anilines is 1. The molecule has 1 heterocycles. The summed E-state index contributed by atoms with van der Waals surface area (Å²) in [5.41, 5.74) is 0.00146. The van der Waals surface area contributed by atoms with E-state index < -0.39 is 32.1 Å².